The van der Waals surface area contributed by atoms with Crippen molar-refractivity contribution < 1.29 is 4.39 Å². The van der Waals surface area contributed by atoms with E-state index in [-0.39, 0.29) is 11.7 Å². The van der Waals surface area contributed by atoms with E-state index in [0.717, 1.165) is 40.2 Å². The van der Waals surface area contributed by atoms with Crippen molar-refractivity contribution in [3.05, 3.63) is 95.8 Å². The summed E-state index contributed by atoms with van der Waals surface area (Å²) in [4.78, 5) is 13.4. The highest BCUT2D eigenvalue weighted by molar-refractivity contribution is 5.62. The predicted molar refractivity (Wildman–Crippen MR) is 110 cm³/mol. The maximum Gasteiger partial charge on any atom is 0.123 e. The second-order valence-corrected chi connectivity index (χ2v) is 7.27. The smallest absolute Gasteiger partial charge is 0.123 e. The molecule has 1 aromatic carbocycles. The number of nitrogens with zero attached hydrogens (tertiary/aromatic N) is 5. The molecule has 0 aliphatic carbocycles. The molecule has 4 aromatic rings. The minimum absolute atomic E-state index is 0.219. The summed E-state index contributed by atoms with van der Waals surface area (Å²) in [5.74, 6) is 0.000483. The van der Waals surface area contributed by atoms with Gasteiger partial charge in [0.15, 0.2) is 0 Å². The molecule has 0 bridgehead atoms. The van der Waals surface area contributed by atoms with Crippen LogP contribution >= 0.6 is 0 Å². The molecule has 5 nitrogen and oxygen atoms in total. The molecule has 0 spiro atoms. The lowest BCUT2D eigenvalue weighted by molar-refractivity contribution is 0.625. The Morgan fingerprint density at radius 1 is 0.966 bits per heavy atom. The Labute approximate surface area is 169 Å². The van der Waals surface area contributed by atoms with Gasteiger partial charge in [0, 0.05) is 55.2 Å². The Balaban J connectivity index is 1.66. The van der Waals surface area contributed by atoms with Crippen molar-refractivity contribution in [2.45, 2.75) is 25.7 Å². The zero-order valence-electron chi connectivity index (χ0n) is 16.5. The van der Waals surface area contributed by atoms with Crippen LogP contribution in [0.25, 0.3) is 11.1 Å². The maximum absolute atomic E-state index is 13.2. The van der Waals surface area contributed by atoms with Gasteiger partial charge >= 0.3 is 0 Å². The lowest BCUT2D eigenvalue weighted by atomic mass is 9.94. The van der Waals surface area contributed by atoms with Crippen LogP contribution in [0.2, 0.25) is 0 Å². The third-order valence-corrected chi connectivity index (χ3v) is 4.90. The Bertz CT molecular complexity index is 1090. The molecule has 3 heterocycles. The molecular weight excluding hydrogens is 365 g/mol. The molecule has 0 amide bonds. The number of aromatic nitrogens is 5. The van der Waals surface area contributed by atoms with Crippen LogP contribution in [-0.2, 0) is 19.9 Å². The zero-order chi connectivity index (χ0) is 20.2. The highest BCUT2D eigenvalue weighted by Gasteiger charge is 2.12. The van der Waals surface area contributed by atoms with E-state index < -0.39 is 0 Å². The van der Waals surface area contributed by atoms with Crippen LogP contribution in [0.15, 0.2) is 67.4 Å². The maximum atomic E-state index is 13.2. The lowest BCUT2D eigenvalue weighted by Crippen LogP contribution is -2.04. The van der Waals surface area contributed by atoms with Crippen LogP contribution < -0.4 is 0 Å². The van der Waals surface area contributed by atoms with Crippen molar-refractivity contribution in [1.82, 2.24) is 24.7 Å². The van der Waals surface area contributed by atoms with Gasteiger partial charge in [-0.1, -0.05) is 19.1 Å². The largest absolute Gasteiger partial charge is 0.275 e. The van der Waals surface area contributed by atoms with E-state index >= 15 is 0 Å². The predicted octanol–water partition coefficient (Wildman–Crippen LogP) is 4.35. The molecule has 146 valence electrons. The minimum Gasteiger partial charge on any atom is -0.275 e. The third kappa shape index (κ3) is 4.71. The molecule has 0 fully saturated rings. The summed E-state index contributed by atoms with van der Waals surface area (Å²) in [6.45, 7) is 2.13. The molecule has 0 unspecified atom stereocenters. The first-order chi connectivity index (χ1) is 14.1. The highest BCUT2D eigenvalue weighted by atomic mass is 19.1. The third-order valence-electron chi connectivity index (χ3n) is 4.90. The lowest BCUT2D eigenvalue weighted by Gasteiger charge is -2.14. The summed E-state index contributed by atoms with van der Waals surface area (Å²) in [7, 11) is 1.91. The Morgan fingerprint density at radius 3 is 2.45 bits per heavy atom. The van der Waals surface area contributed by atoms with Crippen LogP contribution in [0.1, 0.15) is 35.5 Å². The van der Waals surface area contributed by atoms with Crippen LogP contribution in [-0.4, -0.2) is 24.7 Å². The number of hydrogen-bond acceptors (Lipinski definition) is 4. The van der Waals surface area contributed by atoms with Crippen molar-refractivity contribution in [2.24, 2.45) is 7.05 Å². The van der Waals surface area contributed by atoms with Gasteiger partial charge in [-0.2, -0.15) is 5.10 Å². The summed E-state index contributed by atoms with van der Waals surface area (Å²) in [6.07, 6.45) is 10.3. The fourth-order valence-corrected chi connectivity index (χ4v) is 3.41. The normalized spacial score (nSPS) is 12.1. The van der Waals surface area contributed by atoms with Crippen LogP contribution in [0, 0.1) is 5.82 Å². The van der Waals surface area contributed by atoms with Crippen molar-refractivity contribution in [3.8, 4) is 11.1 Å². The van der Waals surface area contributed by atoms with Crippen LogP contribution in [0.3, 0.4) is 0 Å². The summed E-state index contributed by atoms with van der Waals surface area (Å²) >= 11 is 0. The minimum atomic E-state index is -0.219. The molecule has 3 aromatic heterocycles. The topological polar surface area (TPSA) is 56.5 Å². The Hall–Kier alpha value is -3.41. The second kappa shape index (κ2) is 8.31. The van der Waals surface area contributed by atoms with Gasteiger partial charge in [-0.15, -0.1) is 0 Å². The standard InChI is InChI=1S/C23H22FN5/c1-16(17-3-5-20(24)6-4-17)9-21-10-18(19-13-27-29(2)15-19)11-22(28-21)12-23-14-25-7-8-26-23/h3-8,10-11,13-16H,9,12H2,1-2H3/t16-/m1/s1. The average Bonchev–Trinajstić information content (AvgIpc) is 3.15. The Morgan fingerprint density at radius 2 is 1.76 bits per heavy atom. The molecule has 0 saturated carbocycles. The summed E-state index contributed by atoms with van der Waals surface area (Å²) in [5.41, 5.74) is 6.02. The van der Waals surface area contributed by atoms with E-state index in [1.807, 2.05) is 31.6 Å². The fourth-order valence-electron chi connectivity index (χ4n) is 3.41. The summed E-state index contributed by atoms with van der Waals surface area (Å²) in [6, 6.07) is 10.9. The highest BCUT2D eigenvalue weighted by Crippen LogP contribution is 2.25. The van der Waals surface area contributed by atoms with Crippen molar-refractivity contribution >= 4 is 0 Å². The van der Waals surface area contributed by atoms with Crippen molar-refractivity contribution in [3.63, 3.8) is 0 Å². The van der Waals surface area contributed by atoms with E-state index in [1.54, 1.807) is 23.3 Å². The monoisotopic (exact) mass is 387 g/mol. The summed E-state index contributed by atoms with van der Waals surface area (Å²) in [5, 5.41) is 4.29. The van der Waals surface area contributed by atoms with Gasteiger partial charge < -0.3 is 0 Å². The van der Waals surface area contributed by atoms with Gasteiger partial charge in [-0.05, 0) is 47.7 Å². The Kier molecular flexibility index (Phi) is 5.42. The first-order valence-electron chi connectivity index (χ1n) is 9.56. The van der Waals surface area contributed by atoms with E-state index in [9.17, 15) is 4.39 Å². The van der Waals surface area contributed by atoms with Crippen molar-refractivity contribution in [1.29, 1.82) is 0 Å². The summed E-state index contributed by atoms with van der Waals surface area (Å²) < 4.78 is 15.0. The number of hydrogen-bond donors (Lipinski definition) is 0. The number of halogens is 1. The molecule has 0 aliphatic rings. The first-order valence-corrected chi connectivity index (χ1v) is 9.56. The van der Waals surface area contributed by atoms with Gasteiger partial charge in [-0.25, -0.2) is 4.39 Å². The molecule has 4 rings (SSSR count). The molecular formula is C23H22FN5. The average molecular weight is 387 g/mol. The van der Waals surface area contributed by atoms with Crippen molar-refractivity contribution in [2.75, 3.05) is 0 Å². The van der Waals surface area contributed by atoms with Gasteiger partial charge in [0.05, 0.1) is 11.9 Å². The van der Waals surface area contributed by atoms with Gasteiger partial charge in [0.1, 0.15) is 5.82 Å². The zero-order valence-corrected chi connectivity index (χ0v) is 16.5. The quantitative estimate of drug-likeness (QED) is 0.494. The van der Waals surface area contributed by atoms with Gasteiger partial charge in [0.25, 0.3) is 0 Å². The molecule has 0 radical (unpaired) electrons. The van der Waals surface area contributed by atoms with Crippen LogP contribution in [0.4, 0.5) is 4.39 Å². The fraction of sp³-hybridized carbons (Fsp3) is 0.217. The molecule has 29 heavy (non-hydrogen) atoms. The molecule has 0 N–H and O–H groups in total. The first kappa shape index (κ1) is 18.9. The molecule has 1 atom stereocenters. The molecule has 0 saturated heterocycles. The van der Waals surface area contributed by atoms with Gasteiger partial charge in [-0.3, -0.25) is 19.6 Å². The van der Waals surface area contributed by atoms with E-state index in [2.05, 4.69) is 34.1 Å². The van der Waals surface area contributed by atoms with Gasteiger partial charge in [0.2, 0.25) is 0 Å². The molecule has 6 heteroatoms. The molecule has 0 aliphatic heterocycles. The second-order valence-electron chi connectivity index (χ2n) is 7.27. The number of rotatable bonds is 6. The van der Waals surface area contributed by atoms with Crippen LogP contribution in [0.5, 0.6) is 0 Å². The SMILES string of the molecule is C[C@H](Cc1cc(-c2cnn(C)c2)cc(Cc2cnccn2)n1)c1ccc(F)cc1. The number of aryl methyl sites for hydroxylation is 1. The number of pyridine rings is 1. The number of benzene rings is 1. The van der Waals surface area contributed by atoms with E-state index in [1.165, 1.54) is 12.1 Å². The van der Waals surface area contributed by atoms with E-state index in [4.69, 9.17) is 4.98 Å². The van der Waals surface area contributed by atoms with E-state index in [0.29, 0.717) is 6.42 Å².